The third-order valence-electron chi connectivity index (χ3n) is 3.69. The first-order valence-electron chi connectivity index (χ1n) is 5.55. The molecule has 0 spiro atoms. The Labute approximate surface area is 93.7 Å². The SMILES string of the molecule is Cc1nsc(N2CC3CCC(C2)C3N)n1. The summed E-state index contributed by atoms with van der Waals surface area (Å²) in [5.74, 6) is 2.23. The number of piperidine rings is 1. The van der Waals surface area contributed by atoms with E-state index in [1.165, 1.54) is 24.4 Å². The molecule has 0 aromatic carbocycles. The van der Waals surface area contributed by atoms with Crippen LogP contribution in [0.1, 0.15) is 18.7 Å². The number of hydrogen-bond acceptors (Lipinski definition) is 5. The molecule has 82 valence electrons. The first-order valence-corrected chi connectivity index (χ1v) is 6.32. The van der Waals surface area contributed by atoms with Gasteiger partial charge in [0.15, 0.2) is 0 Å². The number of hydrogen-bond donors (Lipinski definition) is 1. The minimum absolute atomic E-state index is 0.426. The fraction of sp³-hybridized carbons (Fsp3) is 0.800. The first kappa shape index (κ1) is 9.54. The molecule has 2 unspecified atom stereocenters. The molecule has 2 atom stereocenters. The van der Waals surface area contributed by atoms with Crippen LogP contribution in [0, 0.1) is 18.8 Å². The summed E-state index contributed by atoms with van der Waals surface area (Å²) in [5.41, 5.74) is 6.17. The van der Waals surface area contributed by atoms with Crippen LogP contribution in [0.25, 0.3) is 0 Å². The molecule has 3 rings (SSSR count). The molecule has 1 aliphatic heterocycles. The Balaban J connectivity index is 1.80. The number of aryl methyl sites for hydroxylation is 1. The molecule has 2 heterocycles. The molecule has 1 aliphatic carbocycles. The van der Waals surface area contributed by atoms with Gasteiger partial charge in [-0.1, -0.05) is 0 Å². The van der Waals surface area contributed by atoms with Crippen LogP contribution in [-0.4, -0.2) is 28.5 Å². The van der Waals surface area contributed by atoms with Crippen molar-refractivity contribution in [3.63, 3.8) is 0 Å². The van der Waals surface area contributed by atoms with Gasteiger partial charge in [-0.3, -0.25) is 0 Å². The van der Waals surface area contributed by atoms with Crippen LogP contribution in [0.5, 0.6) is 0 Å². The fourth-order valence-electron chi connectivity index (χ4n) is 2.84. The Morgan fingerprint density at radius 3 is 2.53 bits per heavy atom. The van der Waals surface area contributed by atoms with Crippen LogP contribution in [0.4, 0.5) is 5.13 Å². The Morgan fingerprint density at radius 2 is 2.00 bits per heavy atom. The van der Waals surface area contributed by atoms with E-state index >= 15 is 0 Å². The van der Waals surface area contributed by atoms with Crippen molar-refractivity contribution in [2.24, 2.45) is 17.6 Å². The van der Waals surface area contributed by atoms with Crippen molar-refractivity contribution in [3.05, 3.63) is 5.82 Å². The van der Waals surface area contributed by atoms with Crippen LogP contribution in [0.3, 0.4) is 0 Å². The van der Waals surface area contributed by atoms with Crippen LogP contribution in [-0.2, 0) is 0 Å². The molecule has 2 bridgehead atoms. The maximum Gasteiger partial charge on any atom is 0.205 e. The standard InChI is InChI=1S/C10H16N4S/c1-6-12-10(15-13-6)14-4-7-2-3-8(5-14)9(7)11/h7-9H,2-5,11H2,1H3. The molecule has 1 saturated heterocycles. The fourth-order valence-corrected chi connectivity index (χ4v) is 3.53. The van der Waals surface area contributed by atoms with E-state index in [-0.39, 0.29) is 0 Å². The summed E-state index contributed by atoms with van der Waals surface area (Å²) in [7, 11) is 0. The molecule has 5 heteroatoms. The maximum absolute atomic E-state index is 6.17. The zero-order chi connectivity index (χ0) is 10.4. The topological polar surface area (TPSA) is 55.0 Å². The van der Waals surface area contributed by atoms with E-state index in [0.717, 1.165) is 24.0 Å². The largest absolute Gasteiger partial charge is 0.346 e. The van der Waals surface area contributed by atoms with E-state index < -0.39 is 0 Å². The lowest BCUT2D eigenvalue weighted by molar-refractivity contribution is 0.356. The highest BCUT2D eigenvalue weighted by Crippen LogP contribution is 2.37. The van der Waals surface area contributed by atoms with Crippen molar-refractivity contribution >= 4 is 16.7 Å². The van der Waals surface area contributed by atoms with E-state index in [0.29, 0.717) is 17.9 Å². The van der Waals surface area contributed by atoms with Gasteiger partial charge in [-0.15, -0.1) is 0 Å². The lowest BCUT2D eigenvalue weighted by Gasteiger charge is -2.35. The number of nitrogens with two attached hydrogens (primary N) is 1. The average Bonchev–Trinajstić information content (AvgIpc) is 2.70. The molecule has 4 nitrogen and oxygen atoms in total. The van der Waals surface area contributed by atoms with E-state index in [1.54, 1.807) is 0 Å². The normalized spacial score (nSPS) is 34.8. The Bertz CT molecular complexity index is 350. The van der Waals surface area contributed by atoms with E-state index in [2.05, 4.69) is 14.3 Å². The van der Waals surface area contributed by atoms with Crippen LogP contribution in [0.15, 0.2) is 0 Å². The third-order valence-corrected chi connectivity index (χ3v) is 4.56. The van der Waals surface area contributed by atoms with Crippen molar-refractivity contribution in [2.45, 2.75) is 25.8 Å². The Morgan fingerprint density at radius 1 is 1.33 bits per heavy atom. The second-order valence-electron chi connectivity index (χ2n) is 4.70. The van der Waals surface area contributed by atoms with Gasteiger partial charge in [0, 0.05) is 30.7 Å². The summed E-state index contributed by atoms with van der Waals surface area (Å²) >= 11 is 1.51. The van der Waals surface area contributed by atoms with Crippen molar-refractivity contribution < 1.29 is 0 Å². The molecule has 0 radical (unpaired) electrons. The molecule has 2 N–H and O–H groups in total. The smallest absolute Gasteiger partial charge is 0.205 e. The van der Waals surface area contributed by atoms with Gasteiger partial charge in [-0.05, 0) is 31.6 Å². The van der Waals surface area contributed by atoms with Crippen LogP contribution < -0.4 is 10.6 Å². The highest BCUT2D eigenvalue weighted by molar-refractivity contribution is 7.09. The number of fused-ring (bicyclic) bond motifs is 2. The summed E-state index contributed by atoms with van der Waals surface area (Å²) in [6.45, 7) is 4.10. The van der Waals surface area contributed by atoms with Crippen LogP contribution in [0.2, 0.25) is 0 Å². The van der Waals surface area contributed by atoms with Crippen molar-refractivity contribution in [1.82, 2.24) is 9.36 Å². The highest BCUT2D eigenvalue weighted by Gasteiger charge is 2.40. The summed E-state index contributed by atoms with van der Waals surface area (Å²) < 4.78 is 4.24. The average molecular weight is 224 g/mol. The van der Waals surface area contributed by atoms with E-state index in [4.69, 9.17) is 5.73 Å². The second kappa shape index (κ2) is 3.42. The molecular formula is C10H16N4S. The van der Waals surface area contributed by atoms with Gasteiger partial charge in [0.25, 0.3) is 0 Å². The summed E-state index contributed by atoms with van der Waals surface area (Å²) in [5, 5.41) is 1.08. The van der Waals surface area contributed by atoms with Gasteiger partial charge < -0.3 is 10.6 Å². The zero-order valence-electron chi connectivity index (χ0n) is 8.89. The van der Waals surface area contributed by atoms with Gasteiger partial charge in [0.05, 0.1) is 0 Å². The molecule has 1 saturated carbocycles. The minimum Gasteiger partial charge on any atom is -0.346 e. The predicted octanol–water partition coefficient (Wildman–Crippen LogP) is 1.02. The van der Waals surface area contributed by atoms with Crippen molar-refractivity contribution in [2.75, 3.05) is 18.0 Å². The van der Waals surface area contributed by atoms with E-state index in [1.807, 2.05) is 6.92 Å². The third kappa shape index (κ3) is 1.54. The molecule has 1 aromatic rings. The highest BCUT2D eigenvalue weighted by atomic mass is 32.1. The summed E-state index contributed by atoms with van der Waals surface area (Å²) in [6, 6.07) is 0.426. The second-order valence-corrected chi connectivity index (χ2v) is 5.43. The lowest BCUT2D eigenvalue weighted by Crippen LogP contribution is -2.48. The predicted molar refractivity (Wildman–Crippen MR) is 61.0 cm³/mol. The lowest BCUT2D eigenvalue weighted by atomic mass is 9.93. The minimum atomic E-state index is 0.426. The van der Waals surface area contributed by atoms with Gasteiger partial charge in [0.1, 0.15) is 5.82 Å². The van der Waals surface area contributed by atoms with Gasteiger partial charge in [-0.25, -0.2) is 4.98 Å². The molecule has 15 heavy (non-hydrogen) atoms. The molecule has 2 fully saturated rings. The molecule has 0 amide bonds. The van der Waals surface area contributed by atoms with Crippen molar-refractivity contribution in [1.29, 1.82) is 0 Å². The quantitative estimate of drug-likeness (QED) is 0.774. The number of rotatable bonds is 1. The molecular weight excluding hydrogens is 208 g/mol. The molecule has 2 aliphatic rings. The number of aromatic nitrogens is 2. The van der Waals surface area contributed by atoms with E-state index in [9.17, 15) is 0 Å². The van der Waals surface area contributed by atoms with Crippen LogP contribution >= 0.6 is 11.5 Å². The number of anilines is 1. The van der Waals surface area contributed by atoms with Gasteiger partial charge in [-0.2, -0.15) is 4.37 Å². The summed E-state index contributed by atoms with van der Waals surface area (Å²) in [6.07, 6.45) is 2.58. The number of nitrogens with zero attached hydrogens (tertiary/aromatic N) is 3. The monoisotopic (exact) mass is 224 g/mol. The Kier molecular flexibility index (Phi) is 2.17. The van der Waals surface area contributed by atoms with Crippen molar-refractivity contribution in [3.8, 4) is 0 Å². The maximum atomic E-state index is 6.17. The summed E-state index contributed by atoms with van der Waals surface area (Å²) in [4.78, 5) is 6.82. The zero-order valence-corrected chi connectivity index (χ0v) is 9.70. The van der Waals surface area contributed by atoms with Gasteiger partial charge in [0.2, 0.25) is 5.13 Å². The first-order chi connectivity index (χ1) is 7.24. The molecule has 1 aromatic heterocycles. The Hall–Kier alpha value is -0.680. The van der Waals surface area contributed by atoms with Gasteiger partial charge >= 0.3 is 0 Å².